The number of hydrogen-bond donors (Lipinski definition) is 2. The van der Waals surface area contributed by atoms with Gasteiger partial charge in [-0.15, -0.1) is 0 Å². The van der Waals surface area contributed by atoms with E-state index in [4.69, 9.17) is 16.0 Å². The van der Waals surface area contributed by atoms with Gasteiger partial charge in [0, 0.05) is 32.7 Å². The van der Waals surface area contributed by atoms with E-state index in [9.17, 15) is 10.2 Å². The quantitative estimate of drug-likeness (QED) is 0.281. The van der Waals surface area contributed by atoms with Gasteiger partial charge >= 0.3 is 0 Å². The summed E-state index contributed by atoms with van der Waals surface area (Å²) in [5.74, 6) is -0.694. The minimum Gasteiger partial charge on any atom is -0.507 e. The van der Waals surface area contributed by atoms with Crippen LogP contribution in [0.4, 0.5) is 4.39 Å². The predicted octanol–water partition coefficient (Wildman–Crippen LogP) is 7.76. The van der Waals surface area contributed by atoms with Crippen molar-refractivity contribution in [2.24, 2.45) is 0 Å². The lowest BCUT2D eigenvalue weighted by Crippen LogP contribution is -1.88. The highest BCUT2D eigenvalue weighted by molar-refractivity contribution is 6.38. The van der Waals surface area contributed by atoms with Crippen LogP contribution in [0.5, 0.6) is 11.5 Å². The van der Waals surface area contributed by atoms with Gasteiger partial charge in [0.2, 0.25) is 0 Å². The first-order valence-corrected chi connectivity index (χ1v) is 10.1. The lowest BCUT2D eigenvalue weighted by molar-refractivity contribution is 0.476. The summed E-state index contributed by atoms with van der Waals surface area (Å²) in [5.41, 5.74) is 0.918. The van der Waals surface area contributed by atoms with Crippen molar-refractivity contribution in [3.63, 3.8) is 0 Å². The number of aromatic hydroxyl groups is 2. The number of phenols is 2. The van der Waals surface area contributed by atoms with Crippen LogP contribution in [-0.2, 0) is 0 Å². The van der Waals surface area contributed by atoms with Gasteiger partial charge < -0.3 is 14.6 Å². The monoisotopic (exact) mass is 428 g/mol. The predicted molar refractivity (Wildman–Crippen MR) is 122 cm³/mol. The summed E-state index contributed by atoms with van der Waals surface area (Å²) in [6.45, 7) is 0. The van der Waals surface area contributed by atoms with E-state index in [1.807, 2.05) is 36.4 Å². The van der Waals surface area contributed by atoms with Crippen LogP contribution >= 0.6 is 11.6 Å². The zero-order valence-corrected chi connectivity index (χ0v) is 16.7. The zero-order valence-electron chi connectivity index (χ0n) is 16.0. The Labute approximate surface area is 180 Å². The number of phenolic OH excluding ortho intramolecular Hbond substituents is 2. The fourth-order valence-corrected chi connectivity index (χ4v) is 4.61. The van der Waals surface area contributed by atoms with E-state index in [0.717, 1.165) is 16.2 Å². The molecule has 0 saturated carbocycles. The molecule has 0 unspecified atom stereocenters. The molecule has 0 fully saturated rings. The van der Waals surface area contributed by atoms with Crippen molar-refractivity contribution in [3.05, 3.63) is 83.6 Å². The molecule has 0 amide bonds. The molecule has 6 aromatic rings. The zero-order chi connectivity index (χ0) is 21.3. The van der Waals surface area contributed by atoms with Crippen molar-refractivity contribution in [1.29, 1.82) is 0 Å². The molecule has 1 aromatic heterocycles. The molecular formula is C26H14ClFO3. The highest BCUT2D eigenvalue weighted by Crippen LogP contribution is 2.44. The first-order valence-electron chi connectivity index (χ1n) is 9.70. The average molecular weight is 429 g/mol. The second-order valence-corrected chi connectivity index (χ2v) is 7.96. The van der Waals surface area contributed by atoms with Gasteiger partial charge in [-0.25, -0.2) is 4.39 Å². The Balaban J connectivity index is 1.71. The number of rotatable bonds is 1. The lowest BCUT2D eigenvalue weighted by atomic mass is 9.97. The molecule has 0 aliphatic heterocycles. The molecule has 0 bridgehead atoms. The summed E-state index contributed by atoms with van der Waals surface area (Å²) < 4.78 is 21.7. The van der Waals surface area contributed by atoms with E-state index < -0.39 is 5.82 Å². The molecule has 31 heavy (non-hydrogen) atoms. The van der Waals surface area contributed by atoms with Crippen molar-refractivity contribution in [2.45, 2.75) is 0 Å². The molecule has 150 valence electrons. The van der Waals surface area contributed by atoms with Crippen LogP contribution in [0, 0.1) is 5.82 Å². The van der Waals surface area contributed by atoms with Crippen LogP contribution in [0.2, 0.25) is 5.02 Å². The van der Waals surface area contributed by atoms with E-state index in [-0.39, 0.29) is 28.2 Å². The Morgan fingerprint density at radius 2 is 1.48 bits per heavy atom. The maximum absolute atomic E-state index is 15.7. The number of benzene rings is 5. The molecule has 6 rings (SSSR count). The summed E-state index contributed by atoms with van der Waals surface area (Å²) in [4.78, 5) is 0. The fourth-order valence-electron chi connectivity index (χ4n) is 4.31. The molecule has 0 spiro atoms. The van der Waals surface area contributed by atoms with E-state index in [2.05, 4.69) is 0 Å². The Morgan fingerprint density at radius 3 is 2.35 bits per heavy atom. The van der Waals surface area contributed by atoms with Crippen molar-refractivity contribution >= 4 is 55.1 Å². The summed E-state index contributed by atoms with van der Waals surface area (Å²) in [6, 6.07) is 21.1. The number of hydrogen-bond acceptors (Lipinski definition) is 3. The van der Waals surface area contributed by atoms with E-state index in [1.165, 1.54) is 12.1 Å². The Bertz CT molecular complexity index is 1680. The highest BCUT2D eigenvalue weighted by Gasteiger charge is 2.22. The molecule has 0 atom stereocenters. The smallest absolute Gasteiger partial charge is 0.174 e. The van der Waals surface area contributed by atoms with Gasteiger partial charge in [-0.1, -0.05) is 54.1 Å². The van der Waals surface area contributed by atoms with Crippen molar-refractivity contribution in [2.75, 3.05) is 0 Å². The minimum absolute atomic E-state index is 0.0330. The van der Waals surface area contributed by atoms with Gasteiger partial charge in [0.15, 0.2) is 11.4 Å². The van der Waals surface area contributed by atoms with E-state index in [1.54, 1.807) is 24.3 Å². The SMILES string of the molecule is Oc1cc2cccc(O)c2cc1-c1cc(Cl)c2c(oc3c4ccccc4ccc32)c1F. The first kappa shape index (κ1) is 18.0. The van der Waals surface area contributed by atoms with Gasteiger partial charge in [-0.2, -0.15) is 0 Å². The molecule has 0 aliphatic carbocycles. The van der Waals surface area contributed by atoms with Gasteiger partial charge in [0.05, 0.1) is 5.02 Å². The van der Waals surface area contributed by atoms with Crippen LogP contribution in [0.25, 0.3) is 54.6 Å². The second-order valence-electron chi connectivity index (χ2n) is 7.56. The van der Waals surface area contributed by atoms with Crippen LogP contribution in [0.3, 0.4) is 0 Å². The normalized spacial score (nSPS) is 11.8. The maximum Gasteiger partial charge on any atom is 0.174 e. The third-order valence-electron chi connectivity index (χ3n) is 5.79. The van der Waals surface area contributed by atoms with Crippen molar-refractivity contribution in [1.82, 2.24) is 0 Å². The molecule has 2 N–H and O–H groups in total. The average Bonchev–Trinajstić information content (AvgIpc) is 3.17. The third-order valence-corrected chi connectivity index (χ3v) is 6.09. The maximum atomic E-state index is 15.7. The number of fused-ring (bicyclic) bond motifs is 6. The number of furan rings is 1. The molecule has 5 aromatic carbocycles. The molecular weight excluding hydrogens is 415 g/mol. The van der Waals surface area contributed by atoms with Gasteiger partial charge in [0.25, 0.3) is 0 Å². The topological polar surface area (TPSA) is 53.6 Å². The largest absolute Gasteiger partial charge is 0.507 e. The van der Waals surface area contributed by atoms with E-state index in [0.29, 0.717) is 26.8 Å². The van der Waals surface area contributed by atoms with Crippen LogP contribution in [0.15, 0.2) is 77.2 Å². The molecule has 0 saturated heterocycles. The Kier molecular flexibility index (Phi) is 3.71. The van der Waals surface area contributed by atoms with Crippen LogP contribution < -0.4 is 0 Å². The summed E-state index contributed by atoms with van der Waals surface area (Å²) in [6.07, 6.45) is 0. The van der Waals surface area contributed by atoms with E-state index >= 15 is 4.39 Å². The standard InChI is InChI=1S/C26H14ClFO3/c27-20-12-19(18-11-17-14(10-22(18)30)5-3-7-21(17)29)24(28)26-23(20)16-9-8-13-4-1-2-6-15(13)25(16)31-26/h1-12,29-30H. The molecule has 0 aliphatic rings. The molecule has 5 heteroatoms. The lowest BCUT2D eigenvalue weighted by Gasteiger charge is -2.10. The number of halogens is 2. The molecule has 1 heterocycles. The first-order chi connectivity index (χ1) is 15.0. The Morgan fingerprint density at radius 1 is 0.677 bits per heavy atom. The van der Waals surface area contributed by atoms with Gasteiger partial charge in [-0.3, -0.25) is 0 Å². The third kappa shape index (κ3) is 2.52. The minimum atomic E-state index is -0.621. The summed E-state index contributed by atoms with van der Waals surface area (Å²) in [5, 5.41) is 25.3. The van der Waals surface area contributed by atoms with Gasteiger partial charge in [-0.05, 0) is 41.1 Å². The van der Waals surface area contributed by atoms with Crippen molar-refractivity contribution < 1.29 is 19.0 Å². The molecule has 0 radical (unpaired) electrons. The summed E-state index contributed by atoms with van der Waals surface area (Å²) >= 11 is 6.60. The fraction of sp³-hybridized carbons (Fsp3) is 0. The Hall–Kier alpha value is -3.76. The van der Waals surface area contributed by atoms with Crippen LogP contribution in [0.1, 0.15) is 0 Å². The van der Waals surface area contributed by atoms with Gasteiger partial charge in [0.1, 0.15) is 17.1 Å². The highest BCUT2D eigenvalue weighted by atomic mass is 35.5. The second kappa shape index (κ2) is 6.37. The van der Waals surface area contributed by atoms with Crippen LogP contribution in [-0.4, -0.2) is 10.2 Å². The summed E-state index contributed by atoms with van der Waals surface area (Å²) in [7, 11) is 0. The van der Waals surface area contributed by atoms with Crippen molar-refractivity contribution in [3.8, 4) is 22.6 Å². The molecule has 3 nitrogen and oxygen atoms in total.